The van der Waals surface area contributed by atoms with Crippen LogP contribution in [-0.2, 0) is 57.1 Å². The molecule has 3 N–H and O–H groups in total. The van der Waals surface area contributed by atoms with Gasteiger partial charge in [-0.15, -0.1) is 0 Å². The molecule has 15 heteroatoms. The van der Waals surface area contributed by atoms with Gasteiger partial charge in [0.2, 0.25) is 5.79 Å². The summed E-state index contributed by atoms with van der Waals surface area (Å²) in [6.45, 7) is 8.47. The fraction of sp³-hybridized carbons (Fsp3) is 0.767. The number of ether oxygens (including phenoxy) is 8. The first-order valence-electron chi connectivity index (χ1n) is 21.0. The van der Waals surface area contributed by atoms with Crippen LogP contribution in [0.1, 0.15) is 124 Å². The van der Waals surface area contributed by atoms with Crippen molar-refractivity contribution in [3.63, 3.8) is 0 Å². The maximum Gasteiger partial charge on any atom is 0.330 e. The van der Waals surface area contributed by atoms with E-state index in [0.717, 1.165) is 44.6 Å². The lowest BCUT2D eigenvalue weighted by atomic mass is 9.74. The molecule has 0 amide bonds. The smallest absolute Gasteiger partial charge is 0.330 e. The first kappa shape index (κ1) is 47.5. The van der Waals surface area contributed by atoms with E-state index in [1.54, 1.807) is 26.0 Å². The molecule has 6 bridgehead atoms. The van der Waals surface area contributed by atoms with Gasteiger partial charge in [0, 0.05) is 43.6 Å². The third kappa shape index (κ3) is 14.2. The SMILES string of the molecule is C=CCOC(=O)C[C@H]1CC2CC3CCC[C@@H](C[C@@H](O)CC(=O)OC(CO)C[C@@H]4CC(=CC(=O)OC)[C@H](OC(=O)CCCCCCC)[C@@](O)(O4)C(C)(C)C=CC(O2)O1)O3. The summed E-state index contributed by atoms with van der Waals surface area (Å²) in [5.74, 6) is -4.90. The van der Waals surface area contributed by atoms with E-state index in [-0.39, 0.29) is 62.9 Å². The van der Waals surface area contributed by atoms with Crippen molar-refractivity contribution in [1.82, 2.24) is 0 Å². The second-order valence-corrected chi connectivity index (χ2v) is 16.5. The van der Waals surface area contributed by atoms with Crippen LogP contribution in [0.4, 0.5) is 0 Å². The maximum absolute atomic E-state index is 13.4. The van der Waals surface area contributed by atoms with Gasteiger partial charge in [0.15, 0.2) is 12.4 Å². The monoisotopic (exact) mass is 822 g/mol. The summed E-state index contributed by atoms with van der Waals surface area (Å²) < 4.78 is 47.3. The lowest BCUT2D eigenvalue weighted by Crippen LogP contribution is -2.62. The van der Waals surface area contributed by atoms with Crippen LogP contribution in [0.2, 0.25) is 0 Å². The Kier molecular flexibility index (Phi) is 18.8. The van der Waals surface area contributed by atoms with Gasteiger partial charge in [-0.3, -0.25) is 14.4 Å². The molecular formula is C43H66O15. The number of carbonyl (C=O) groups is 4. The Morgan fingerprint density at radius 1 is 0.931 bits per heavy atom. The summed E-state index contributed by atoms with van der Waals surface area (Å²) in [6.07, 6.45) is 5.95. The summed E-state index contributed by atoms with van der Waals surface area (Å²) >= 11 is 0. The number of carbonyl (C=O) groups excluding carboxylic acids is 4. The molecular weight excluding hydrogens is 756 g/mol. The molecule has 4 unspecified atom stereocenters. The molecule has 4 rings (SSSR count). The van der Waals surface area contributed by atoms with Gasteiger partial charge in [0.1, 0.15) is 12.7 Å². The minimum atomic E-state index is -2.35. The van der Waals surface area contributed by atoms with Crippen LogP contribution in [0.15, 0.2) is 36.5 Å². The second-order valence-electron chi connectivity index (χ2n) is 16.5. The van der Waals surface area contributed by atoms with Gasteiger partial charge in [0.05, 0.1) is 63.2 Å². The van der Waals surface area contributed by atoms with Crippen molar-refractivity contribution in [3.8, 4) is 0 Å². The second kappa shape index (κ2) is 23.0. The highest BCUT2D eigenvalue weighted by molar-refractivity contribution is 5.83. The van der Waals surface area contributed by atoms with Crippen LogP contribution in [0, 0.1) is 5.41 Å². The van der Waals surface area contributed by atoms with Crippen molar-refractivity contribution in [2.75, 3.05) is 20.3 Å². The summed E-state index contributed by atoms with van der Waals surface area (Å²) in [5, 5.41) is 34.0. The van der Waals surface area contributed by atoms with Gasteiger partial charge in [-0.25, -0.2) is 4.79 Å². The van der Waals surface area contributed by atoms with Crippen molar-refractivity contribution in [2.45, 2.75) is 184 Å². The molecule has 0 saturated carbocycles. The maximum atomic E-state index is 13.4. The Morgan fingerprint density at radius 3 is 2.36 bits per heavy atom. The van der Waals surface area contributed by atoms with Crippen LogP contribution in [-0.4, -0.2) is 120 Å². The van der Waals surface area contributed by atoms with Crippen LogP contribution < -0.4 is 0 Å². The Labute approximate surface area is 342 Å². The number of hydrogen-bond donors (Lipinski definition) is 3. The molecule has 328 valence electrons. The minimum absolute atomic E-state index is 0.0449. The van der Waals surface area contributed by atoms with Crippen molar-refractivity contribution < 1.29 is 72.4 Å². The molecule has 0 aliphatic carbocycles. The van der Waals surface area contributed by atoms with Crippen molar-refractivity contribution in [1.29, 1.82) is 0 Å². The van der Waals surface area contributed by atoms with Crippen molar-refractivity contribution in [2.24, 2.45) is 5.41 Å². The highest BCUT2D eigenvalue weighted by atomic mass is 16.7. The number of esters is 4. The largest absolute Gasteiger partial charge is 0.466 e. The minimum Gasteiger partial charge on any atom is -0.466 e. The lowest BCUT2D eigenvalue weighted by Gasteiger charge is -2.51. The normalized spacial score (nSPS) is 33.9. The Balaban J connectivity index is 1.74. The number of aliphatic hydroxyl groups is 3. The zero-order valence-electron chi connectivity index (χ0n) is 34.7. The van der Waals surface area contributed by atoms with Crippen LogP contribution in [0.25, 0.3) is 0 Å². The number of rotatable bonds is 13. The predicted molar refractivity (Wildman–Crippen MR) is 209 cm³/mol. The summed E-state index contributed by atoms with van der Waals surface area (Å²) in [5.41, 5.74) is -1.22. The summed E-state index contributed by atoms with van der Waals surface area (Å²) in [7, 11) is 1.20. The molecule has 15 nitrogen and oxygen atoms in total. The van der Waals surface area contributed by atoms with Crippen LogP contribution >= 0.6 is 0 Å². The van der Waals surface area contributed by atoms with Crippen molar-refractivity contribution >= 4 is 23.9 Å². The van der Waals surface area contributed by atoms with Gasteiger partial charge in [0.25, 0.3) is 0 Å². The van der Waals surface area contributed by atoms with Gasteiger partial charge >= 0.3 is 23.9 Å². The lowest BCUT2D eigenvalue weighted by molar-refractivity contribution is -0.327. The molecule has 0 spiro atoms. The van der Waals surface area contributed by atoms with Crippen molar-refractivity contribution in [3.05, 3.63) is 36.5 Å². The Bertz CT molecular complexity index is 1430. The number of hydrogen-bond acceptors (Lipinski definition) is 15. The zero-order chi connectivity index (χ0) is 42.3. The number of methoxy groups -OCH3 is 1. The van der Waals surface area contributed by atoms with Gasteiger partial charge in [-0.2, -0.15) is 0 Å². The van der Waals surface area contributed by atoms with E-state index in [1.807, 2.05) is 0 Å². The molecule has 58 heavy (non-hydrogen) atoms. The molecule has 3 fully saturated rings. The van der Waals surface area contributed by atoms with E-state index in [0.29, 0.717) is 25.7 Å². The quantitative estimate of drug-likeness (QED) is 0.0750. The van der Waals surface area contributed by atoms with E-state index in [1.165, 1.54) is 13.2 Å². The Morgan fingerprint density at radius 2 is 1.66 bits per heavy atom. The Hall–Kier alpha value is -3.18. The molecule has 0 aromatic rings. The van der Waals surface area contributed by atoms with E-state index in [2.05, 4.69) is 13.5 Å². The zero-order valence-corrected chi connectivity index (χ0v) is 34.7. The first-order valence-corrected chi connectivity index (χ1v) is 21.0. The third-order valence-electron chi connectivity index (χ3n) is 11.2. The van der Waals surface area contributed by atoms with Crippen LogP contribution in [0.3, 0.4) is 0 Å². The topological polar surface area (TPSA) is 203 Å². The summed E-state index contributed by atoms with van der Waals surface area (Å²) in [6, 6.07) is 0. The van der Waals surface area contributed by atoms with E-state index >= 15 is 0 Å². The highest BCUT2D eigenvalue weighted by Crippen LogP contribution is 2.47. The highest BCUT2D eigenvalue weighted by Gasteiger charge is 2.57. The molecule has 10 atom stereocenters. The molecule has 4 heterocycles. The van der Waals surface area contributed by atoms with Crippen LogP contribution in [0.5, 0.6) is 0 Å². The number of cyclic esters (lactones) is 1. The number of unbranched alkanes of at least 4 members (excludes halogenated alkanes) is 4. The predicted octanol–water partition coefficient (Wildman–Crippen LogP) is 4.81. The molecule has 0 aromatic heterocycles. The number of aliphatic hydroxyl groups excluding tert-OH is 2. The summed E-state index contributed by atoms with van der Waals surface area (Å²) in [4.78, 5) is 52.0. The van der Waals surface area contributed by atoms with E-state index in [9.17, 15) is 34.5 Å². The molecule has 0 aromatic carbocycles. The van der Waals surface area contributed by atoms with E-state index < -0.39 is 84.6 Å². The first-order chi connectivity index (χ1) is 27.7. The molecule has 4 aliphatic heterocycles. The fourth-order valence-electron chi connectivity index (χ4n) is 8.08. The van der Waals surface area contributed by atoms with Gasteiger partial charge < -0.3 is 53.2 Å². The standard InChI is InChI=1S/C43H66O15/c1-6-8-9-10-11-15-36(46)57-41-28(20-37(47)51-5)19-34-25-35(27-44)54-39(49)22-29(45)21-30-13-12-14-31(53-30)23-32-24-33(26-38(48)52-18-7-2)56-40(55-32)16-17-42(3,4)43(41,50)58-34/h7,16-17,20,29-35,40-41,44-45,50H,2,6,8-15,18-19,21-27H2,1,3-5H3/t29-,30+,31?,32?,33-,34+,35?,40?,41+,43-/m1/s1. The van der Waals surface area contributed by atoms with E-state index in [4.69, 9.17) is 37.9 Å². The number of fused-ring (bicyclic) bond motifs is 6. The fourth-order valence-corrected chi connectivity index (χ4v) is 8.08. The molecule has 0 radical (unpaired) electrons. The average Bonchev–Trinajstić information content (AvgIpc) is 3.16. The van der Waals surface area contributed by atoms with Gasteiger partial charge in [-0.1, -0.05) is 65.2 Å². The molecule has 3 saturated heterocycles. The third-order valence-corrected chi connectivity index (χ3v) is 11.2. The molecule has 4 aliphatic rings. The average molecular weight is 823 g/mol. The van der Waals surface area contributed by atoms with Gasteiger partial charge in [-0.05, 0) is 43.8 Å².